The van der Waals surface area contributed by atoms with Crippen LogP contribution in [-0.2, 0) is 6.54 Å². The van der Waals surface area contributed by atoms with Gasteiger partial charge in [0, 0.05) is 22.0 Å². The summed E-state index contributed by atoms with van der Waals surface area (Å²) in [5.74, 6) is -0.403. The van der Waals surface area contributed by atoms with Gasteiger partial charge in [-0.05, 0) is 23.6 Å². The fraction of sp³-hybridized carbons (Fsp3) is 0.231. The van der Waals surface area contributed by atoms with Crippen LogP contribution in [0.4, 0.5) is 4.39 Å². The van der Waals surface area contributed by atoms with Crippen molar-refractivity contribution in [3.63, 3.8) is 0 Å². The molecule has 5 heteroatoms. The van der Waals surface area contributed by atoms with Gasteiger partial charge in [0.2, 0.25) is 0 Å². The lowest BCUT2D eigenvalue weighted by Gasteiger charge is -2.18. The highest BCUT2D eigenvalue weighted by molar-refractivity contribution is 7.09. The predicted octanol–water partition coefficient (Wildman–Crippen LogP) is 3.36. The van der Waals surface area contributed by atoms with Gasteiger partial charge in [-0.1, -0.05) is 23.7 Å². The monoisotopic (exact) mass is 285 g/mol. The van der Waals surface area contributed by atoms with E-state index in [9.17, 15) is 9.50 Å². The molecule has 1 aromatic carbocycles. The summed E-state index contributed by atoms with van der Waals surface area (Å²) in [6, 6.07) is 7.95. The van der Waals surface area contributed by atoms with E-state index in [1.54, 1.807) is 23.5 Å². The molecule has 2 rings (SSSR count). The van der Waals surface area contributed by atoms with Gasteiger partial charge in [0.05, 0.1) is 12.6 Å². The summed E-state index contributed by atoms with van der Waals surface area (Å²) in [7, 11) is 0. The molecule has 1 atom stereocenters. The maximum Gasteiger partial charge on any atom is 0.129 e. The number of aliphatic hydroxyl groups excluding tert-OH is 1. The molecule has 0 amide bonds. The molecule has 0 aliphatic carbocycles. The van der Waals surface area contributed by atoms with Crippen LogP contribution in [0.3, 0.4) is 0 Å². The van der Waals surface area contributed by atoms with E-state index in [1.165, 1.54) is 6.07 Å². The first kappa shape index (κ1) is 13.5. The topological polar surface area (TPSA) is 32.3 Å². The van der Waals surface area contributed by atoms with Gasteiger partial charge in [0.15, 0.2) is 0 Å². The molecule has 0 saturated heterocycles. The van der Waals surface area contributed by atoms with Gasteiger partial charge in [-0.15, -0.1) is 11.3 Å². The standard InChI is InChI=1S/C13H13ClFNOS/c14-10-4-1-5-11(15)13(10)12(8-17)16-7-9-3-2-6-18-9/h1-6,12,16-17H,7-8H2. The summed E-state index contributed by atoms with van der Waals surface area (Å²) in [4.78, 5) is 1.13. The third-order valence-corrected chi connectivity index (χ3v) is 3.84. The SMILES string of the molecule is OCC(NCc1cccs1)c1c(F)cccc1Cl. The summed E-state index contributed by atoms with van der Waals surface area (Å²) in [5.41, 5.74) is 0.318. The summed E-state index contributed by atoms with van der Waals surface area (Å²) >= 11 is 7.58. The lowest BCUT2D eigenvalue weighted by molar-refractivity contribution is 0.241. The highest BCUT2D eigenvalue weighted by atomic mass is 35.5. The van der Waals surface area contributed by atoms with Crippen LogP contribution in [0.5, 0.6) is 0 Å². The van der Waals surface area contributed by atoms with E-state index < -0.39 is 11.9 Å². The fourth-order valence-electron chi connectivity index (χ4n) is 1.74. The molecule has 0 radical (unpaired) electrons. The summed E-state index contributed by atoms with van der Waals surface area (Å²) in [6.45, 7) is 0.375. The van der Waals surface area contributed by atoms with Crippen LogP contribution in [0, 0.1) is 5.82 Å². The number of halogens is 2. The molecule has 96 valence electrons. The first-order valence-electron chi connectivity index (χ1n) is 5.53. The molecule has 0 fully saturated rings. The van der Waals surface area contributed by atoms with Crippen molar-refractivity contribution in [2.75, 3.05) is 6.61 Å². The fourth-order valence-corrected chi connectivity index (χ4v) is 2.69. The zero-order chi connectivity index (χ0) is 13.0. The molecule has 0 saturated carbocycles. The Kier molecular flexibility index (Phi) is 4.72. The molecule has 0 bridgehead atoms. The maximum atomic E-state index is 13.7. The van der Waals surface area contributed by atoms with Crippen LogP contribution in [0.25, 0.3) is 0 Å². The number of benzene rings is 1. The van der Waals surface area contributed by atoms with Crippen LogP contribution in [0.2, 0.25) is 5.02 Å². The second kappa shape index (κ2) is 6.29. The van der Waals surface area contributed by atoms with E-state index in [4.69, 9.17) is 11.6 Å². The molecule has 1 aromatic heterocycles. The number of hydrogen-bond donors (Lipinski definition) is 2. The molecule has 1 heterocycles. The van der Waals surface area contributed by atoms with Crippen molar-refractivity contribution >= 4 is 22.9 Å². The number of hydrogen-bond acceptors (Lipinski definition) is 3. The van der Waals surface area contributed by atoms with Crippen molar-refractivity contribution in [2.24, 2.45) is 0 Å². The zero-order valence-corrected chi connectivity index (χ0v) is 11.1. The van der Waals surface area contributed by atoms with Crippen LogP contribution in [0.15, 0.2) is 35.7 Å². The molecular formula is C13H13ClFNOS. The van der Waals surface area contributed by atoms with Crippen molar-refractivity contribution < 1.29 is 9.50 Å². The summed E-state index contributed by atoms with van der Waals surface area (Å²) < 4.78 is 13.7. The molecule has 0 aliphatic heterocycles. The molecule has 2 nitrogen and oxygen atoms in total. The molecule has 0 spiro atoms. The van der Waals surface area contributed by atoms with E-state index >= 15 is 0 Å². The number of nitrogens with one attached hydrogen (secondary N) is 1. The quantitative estimate of drug-likeness (QED) is 0.883. The number of thiophene rings is 1. The van der Waals surface area contributed by atoms with Crippen molar-refractivity contribution in [1.82, 2.24) is 5.32 Å². The van der Waals surface area contributed by atoms with E-state index in [0.29, 0.717) is 17.1 Å². The Morgan fingerprint density at radius 2 is 2.17 bits per heavy atom. The molecule has 1 unspecified atom stereocenters. The third kappa shape index (κ3) is 3.09. The molecule has 18 heavy (non-hydrogen) atoms. The smallest absolute Gasteiger partial charge is 0.129 e. The Hall–Kier alpha value is -0.940. The highest BCUT2D eigenvalue weighted by Gasteiger charge is 2.17. The number of aliphatic hydroxyl groups is 1. The Morgan fingerprint density at radius 1 is 1.33 bits per heavy atom. The molecule has 0 aliphatic rings. The van der Waals surface area contributed by atoms with E-state index in [-0.39, 0.29) is 6.61 Å². The van der Waals surface area contributed by atoms with Crippen LogP contribution in [-0.4, -0.2) is 11.7 Å². The van der Waals surface area contributed by atoms with Crippen molar-refractivity contribution in [2.45, 2.75) is 12.6 Å². The lowest BCUT2D eigenvalue weighted by atomic mass is 10.1. The Bertz CT molecular complexity index is 483. The number of rotatable bonds is 5. The van der Waals surface area contributed by atoms with E-state index in [0.717, 1.165) is 4.88 Å². The van der Waals surface area contributed by atoms with Gasteiger partial charge >= 0.3 is 0 Å². The maximum absolute atomic E-state index is 13.7. The molecule has 2 N–H and O–H groups in total. The average Bonchev–Trinajstić information content (AvgIpc) is 2.86. The van der Waals surface area contributed by atoms with Crippen LogP contribution < -0.4 is 5.32 Å². The first-order chi connectivity index (χ1) is 8.72. The van der Waals surface area contributed by atoms with E-state index in [2.05, 4.69) is 5.32 Å². The van der Waals surface area contributed by atoms with Crippen molar-refractivity contribution in [1.29, 1.82) is 0 Å². The molecular weight excluding hydrogens is 273 g/mol. The van der Waals surface area contributed by atoms with Crippen molar-refractivity contribution in [3.05, 3.63) is 57.0 Å². The first-order valence-corrected chi connectivity index (χ1v) is 6.78. The van der Waals surface area contributed by atoms with E-state index in [1.807, 2.05) is 17.5 Å². The van der Waals surface area contributed by atoms with Gasteiger partial charge in [-0.3, -0.25) is 0 Å². The largest absolute Gasteiger partial charge is 0.394 e. The van der Waals surface area contributed by atoms with Crippen LogP contribution in [0.1, 0.15) is 16.5 Å². The van der Waals surface area contributed by atoms with Crippen LogP contribution >= 0.6 is 22.9 Å². The molecule has 2 aromatic rings. The normalized spacial score (nSPS) is 12.6. The highest BCUT2D eigenvalue weighted by Crippen LogP contribution is 2.26. The Morgan fingerprint density at radius 3 is 2.78 bits per heavy atom. The summed E-state index contributed by atoms with van der Waals surface area (Å²) in [6.07, 6.45) is 0. The predicted molar refractivity (Wildman–Crippen MR) is 72.4 cm³/mol. The second-order valence-electron chi connectivity index (χ2n) is 3.83. The summed E-state index contributed by atoms with van der Waals surface area (Å²) in [5, 5.41) is 14.8. The van der Waals surface area contributed by atoms with Gasteiger partial charge < -0.3 is 10.4 Å². The van der Waals surface area contributed by atoms with Gasteiger partial charge in [-0.25, -0.2) is 4.39 Å². The third-order valence-electron chi connectivity index (χ3n) is 2.63. The Labute approximate surface area is 114 Å². The average molecular weight is 286 g/mol. The van der Waals surface area contributed by atoms with Gasteiger partial charge in [0.1, 0.15) is 5.82 Å². The van der Waals surface area contributed by atoms with Gasteiger partial charge in [0.25, 0.3) is 0 Å². The minimum atomic E-state index is -0.499. The zero-order valence-electron chi connectivity index (χ0n) is 9.57. The van der Waals surface area contributed by atoms with Crippen molar-refractivity contribution in [3.8, 4) is 0 Å². The Balaban J connectivity index is 2.13. The second-order valence-corrected chi connectivity index (χ2v) is 5.27. The van der Waals surface area contributed by atoms with Gasteiger partial charge in [-0.2, -0.15) is 0 Å². The lowest BCUT2D eigenvalue weighted by Crippen LogP contribution is -2.25. The minimum Gasteiger partial charge on any atom is -0.394 e. The minimum absolute atomic E-state index is 0.202.